The Kier molecular flexibility index (Phi) is 12.8. The second-order valence-corrected chi connectivity index (χ2v) is 16.4. The third kappa shape index (κ3) is 9.37. The van der Waals surface area contributed by atoms with Crippen molar-refractivity contribution in [1.29, 1.82) is 0 Å². The number of fused-ring (bicyclic) bond motifs is 3. The normalized spacial score (nSPS) is 14.3. The Morgan fingerprint density at radius 3 is 1.73 bits per heavy atom. The summed E-state index contributed by atoms with van der Waals surface area (Å²) in [7, 11) is 3.21. The van der Waals surface area contributed by atoms with Gasteiger partial charge in [-0.25, -0.2) is 17.6 Å². The van der Waals surface area contributed by atoms with Crippen LogP contribution in [0.5, 0.6) is 0 Å². The van der Waals surface area contributed by atoms with Gasteiger partial charge >= 0.3 is 7.12 Å². The summed E-state index contributed by atoms with van der Waals surface area (Å²) in [6, 6.07) is 17.8. The van der Waals surface area contributed by atoms with Crippen molar-refractivity contribution in [3.8, 4) is 0 Å². The predicted molar refractivity (Wildman–Crippen MR) is 221 cm³/mol. The lowest BCUT2D eigenvalue weighted by atomic mass is 9.78. The number of aryl methyl sites for hydroxylation is 3. The van der Waals surface area contributed by atoms with Crippen LogP contribution >= 0.6 is 47.8 Å². The number of nitrogens with zero attached hydrogens (tertiary/aromatic N) is 3. The summed E-state index contributed by atoms with van der Waals surface area (Å²) in [6.07, 6.45) is 5.62. The lowest BCUT2D eigenvalue weighted by molar-refractivity contribution is -0.385. The number of hydrogen-bond donors (Lipinski definition) is 1. The Labute approximate surface area is 340 Å². The number of H-pyrrole nitrogens is 1. The van der Waals surface area contributed by atoms with E-state index in [1.54, 1.807) is 18.3 Å². The quantitative estimate of drug-likeness (QED) is 0.0809. The first-order valence-electron chi connectivity index (χ1n) is 16.7. The number of aromatic amines is 1. The van der Waals surface area contributed by atoms with E-state index < -0.39 is 29.1 Å². The van der Waals surface area contributed by atoms with E-state index in [0.29, 0.717) is 20.0 Å². The van der Waals surface area contributed by atoms with Crippen LogP contribution in [-0.2, 0) is 23.4 Å². The molecule has 288 valence electrons. The number of rotatable bonds is 2. The van der Waals surface area contributed by atoms with Crippen molar-refractivity contribution in [2.24, 2.45) is 14.1 Å². The van der Waals surface area contributed by atoms with Crippen molar-refractivity contribution in [2.45, 2.75) is 45.8 Å². The highest BCUT2D eigenvalue weighted by molar-refractivity contribution is 9.11. The molecule has 4 aromatic carbocycles. The van der Waals surface area contributed by atoms with Gasteiger partial charge in [-0.1, -0.05) is 0 Å². The van der Waals surface area contributed by atoms with Gasteiger partial charge in [0.25, 0.3) is 5.69 Å². The second-order valence-electron chi connectivity index (χ2n) is 13.8. The van der Waals surface area contributed by atoms with Crippen LogP contribution in [0.25, 0.3) is 32.7 Å². The summed E-state index contributed by atoms with van der Waals surface area (Å²) in [5, 5.41) is 13.1. The third-order valence-corrected chi connectivity index (χ3v) is 11.3. The highest BCUT2D eigenvalue weighted by atomic mass is 79.9. The highest BCUT2D eigenvalue weighted by Gasteiger charge is 2.52. The highest BCUT2D eigenvalue weighted by Crippen LogP contribution is 2.37. The number of hydrogen-bond acceptors (Lipinski definition) is 4. The maximum atomic E-state index is 14.3. The fourth-order valence-electron chi connectivity index (χ4n) is 5.60. The first kappa shape index (κ1) is 42.2. The van der Waals surface area contributed by atoms with Crippen molar-refractivity contribution < 1.29 is 31.8 Å². The zero-order valence-corrected chi connectivity index (χ0v) is 35.5. The van der Waals surface area contributed by atoms with E-state index in [4.69, 9.17) is 9.31 Å². The van der Waals surface area contributed by atoms with Gasteiger partial charge in [0, 0.05) is 82.5 Å². The molecule has 0 aliphatic carbocycles. The van der Waals surface area contributed by atoms with Crippen LogP contribution in [0.4, 0.5) is 23.2 Å². The maximum Gasteiger partial charge on any atom is 0.497 e. The van der Waals surface area contributed by atoms with E-state index in [1.165, 1.54) is 25.1 Å². The number of aromatic nitrogens is 3. The molecule has 1 saturated heterocycles. The Bertz CT molecular complexity index is 2480. The standard InChI is InChI=1S/C15H19BFNO2.C9H7BrFN.C8H5BrFN.C7H5BrFNO2/c1-14(2)15(3,4)20-16(19-14)11-9-13-10(8-12(11)17)6-7-18(13)5;1-12-3-2-6-4-8(11)7(10)5-9(6)12;9-6-4-8-5(1-2-11-8)3-7(6)10;1-4-2-6(9)5(8)3-7(4)10(11)12/h6-9H,1-5H3;2-5H,1H3;1-4,11H;2-3H,1H3. The van der Waals surface area contributed by atoms with Crippen molar-refractivity contribution in [1.82, 2.24) is 14.1 Å². The largest absolute Gasteiger partial charge is 0.497 e. The van der Waals surface area contributed by atoms with E-state index in [-0.39, 0.29) is 27.6 Å². The first-order valence-corrected chi connectivity index (χ1v) is 19.1. The molecule has 0 bridgehead atoms. The Morgan fingerprint density at radius 2 is 1.16 bits per heavy atom. The average Bonchev–Trinajstić information content (AvgIpc) is 3.85. The van der Waals surface area contributed by atoms with E-state index in [1.807, 2.05) is 87.6 Å². The zero-order valence-electron chi connectivity index (χ0n) is 30.8. The lowest BCUT2D eigenvalue weighted by Gasteiger charge is -2.32. The fraction of sp³-hybridized carbons (Fsp3) is 0.231. The molecular formula is C39H36BBr3F4N4O4. The van der Waals surface area contributed by atoms with E-state index in [2.05, 4.69) is 52.8 Å². The molecule has 0 atom stereocenters. The first-order chi connectivity index (χ1) is 25.7. The Morgan fingerprint density at radius 1 is 0.691 bits per heavy atom. The molecular weight excluding hydrogens is 915 g/mol. The minimum atomic E-state index is -0.667. The summed E-state index contributed by atoms with van der Waals surface area (Å²) in [6.45, 7) is 9.35. The zero-order chi connectivity index (χ0) is 40.6. The Balaban J connectivity index is 0.000000146. The van der Waals surface area contributed by atoms with Gasteiger partial charge in [0.05, 0.1) is 29.5 Å². The molecule has 0 spiro atoms. The van der Waals surface area contributed by atoms with Crippen molar-refractivity contribution in [3.63, 3.8) is 0 Å². The number of nitrogens with one attached hydrogen (secondary N) is 1. The molecule has 16 heteroatoms. The molecule has 3 aromatic heterocycles. The summed E-state index contributed by atoms with van der Waals surface area (Å²) in [5.41, 5.74) is 2.71. The lowest BCUT2D eigenvalue weighted by Crippen LogP contribution is -2.41. The topological polar surface area (TPSA) is 87.2 Å². The number of benzene rings is 4. The van der Waals surface area contributed by atoms with Crippen LogP contribution in [0.2, 0.25) is 0 Å². The number of halogens is 7. The van der Waals surface area contributed by atoms with E-state index in [0.717, 1.165) is 44.8 Å². The predicted octanol–water partition coefficient (Wildman–Crippen LogP) is 11.6. The van der Waals surface area contributed by atoms with Crippen LogP contribution in [0, 0.1) is 40.3 Å². The van der Waals surface area contributed by atoms with Crippen LogP contribution in [0.1, 0.15) is 33.3 Å². The fourth-order valence-corrected chi connectivity index (χ4v) is 6.60. The molecule has 0 unspecified atom stereocenters. The molecule has 7 aromatic rings. The van der Waals surface area contributed by atoms with Gasteiger partial charge in [0.2, 0.25) is 0 Å². The molecule has 4 heterocycles. The summed E-state index contributed by atoms with van der Waals surface area (Å²) in [4.78, 5) is 12.8. The monoisotopic (exact) mass is 948 g/mol. The van der Waals surface area contributed by atoms with Gasteiger partial charge < -0.3 is 23.4 Å². The molecule has 0 radical (unpaired) electrons. The summed E-state index contributed by atoms with van der Waals surface area (Å²) < 4.78 is 69.8. The molecule has 0 saturated carbocycles. The summed E-state index contributed by atoms with van der Waals surface area (Å²) >= 11 is 9.12. The van der Waals surface area contributed by atoms with Gasteiger partial charge in [0.1, 0.15) is 23.3 Å². The van der Waals surface area contributed by atoms with Gasteiger partial charge in [-0.3, -0.25) is 10.1 Å². The molecule has 1 aliphatic rings. The maximum absolute atomic E-state index is 14.3. The minimum absolute atomic E-state index is 0.0803. The molecule has 8 nitrogen and oxygen atoms in total. The molecule has 0 amide bonds. The van der Waals surface area contributed by atoms with Crippen molar-refractivity contribution >= 4 is 98.8 Å². The third-order valence-electron chi connectivity index (χ3n) is 9.47. The average molecular weight is 951 g/mol. The van der Waals surface area contributed by atoms with E-state index >= 15 is 0 Å². The van der Waals surface area contributed by atoms with Crippen molar-refractivity contribution in [3.05, 3.63) is 138 Å². The van der Waals surface area contributed by atoms with Crippen LogP contribution in [0.15, 0.2) is 98.7 Å². The van der Waals surface area contributed by atoms with Crippen LogP contribution in [0.3, 0.4) is 0 Å². The van der Waals surface area contributed by atoms with Gasteiger partial charge in [-0.2, -0.15) is 0 Å². The van der Waals surface area contributed by atoms with Crippen LogP contribution < -0.4 is 5.46 Å². The van der Waals surface area contributed by atoms with Crippen molar-refractivity contribution in [2.75, 3.05) is 0 Å². The molecule has 55 heavy (non-hydrogen) atoms. The van der Waals surface area contributed by atoms with Gasteiger partial charge in [-0.15, -0.1) is 0 Å². The van der Waals surface area contributed by atoms with Gasteiger partial charge in [0.15, 0.2) is 0 Å². The number of nitro groups is 1. The molecule has 8 rings (SSSR count). The Hall–Kier alpha value is -3.96. The minimum Gasteiger partial charge on any atom is -0.399 e. The second kappa shape index (κ2) is 16.6. The smallest absolute Gasteiger partial charge is 0.399 e. The van der Waals surface area contributed by atoms with Gasteiger partial charge in [-0.05, 0) is 143 Å². The molecule has 1 aliphatic heterocycles. The SMILES string of the molecule is Cc1cc(F)c(Br)cc1[N+](=O)[O-].Cn1ccc2cc(F)c(B3OC(C)(C)C(C)(C)O3)cc21.Cn1ccc2cc(F)c(Br)cc21.Fc1cc2cc[nH]c2cc1Br. The molecule has 1 fully saturated rings. The molecule has 1 N–H and O–H groups in total. The van der Waals surface area contributed by atoms with Crippen LogP contribution in [-0.4, -0.2) is 37.4 Å². The summed E-state index contributed by atoms with van der Waals surface area (Å²) in [5.74, 6) is -1.22. The number of nitro benzene ring substituents is 1. The van der Waals surface area contributed by atoms with E-state index in [9.17, 15) is 27.7 Å².